The molecule has 3 nitrogen and oxygen atoms in total. The van der Waals surface area contributed by atoms with Crippen LogP contribution >= 0.6 is 11.3 Å². The third-order valence-corrected chi connectivity index (χ3v) is 4.59. The Morgan fingerprint density at radius 3 is 2.56 bits per heavy atom. The highest BCUT2D eigenvalue weighted by atomic mass is 32.1. The number of nitrogens with zero attached hydrogens (tertiary/aromatic N) is 2. The first-order valence-electron chi connectivity index (χ1n) is 6.15. The van der Waals surface area contributed by atoms with Gasteiger partial charge in [0.2, 0.25) is 0 Å². The summed E-state index contributed by atoms with van der Waals surface area (Å²) < 4.78 is 1.80. The van der Waals surface area contributed by atoms with Gasteiger partial charge in [0.1, 0.15) is 6.54 Å². The minimum atomic E-state index is 0.144. The molecular formula is C14H18N2OS. The van der Waals surface area contributed by atoms with Crippen molar-refractivity contribution in [2.75, 3.05) is 0 Å². The first-order chi connectivity index (χ1) is 8.52. The number of thiophene rings is 1. The maximum atomic E-state index is 12.2. The Labute approximate surface area is 111 Å². The molecule has 0 aliphatic rings. The van der Waals surface area contributed by atoms with Gasteiger partial charge in [-0.25, -0.2) is 0 Å². The van der Waals surface area contributed by atoms with Crippen LogP contribution in [0, 0.1) is 20.8 Å². The van der Waals surface area contributed by atoms with Crippen molar-refractivity contribution in [3.8, 4) is 0 Å². The average molecular weight is 262 g/mol. The van der Waals surface area contributed by atoms with Crippen LogP contribution in [0.2, 0.25) is 0 Å². The van der Waals surface area contributed by atoms with Crippen molar-refractivity contribution in [3.63, 3.8) is 0 Å². The molecule has 4 heteroatoms. The molecular weight excluding hydrogens is 244 g/mol. The van der Waals surface area contributed by atoms with Crippen LogP contribution in [0.3, 0.4) is 0 Å². The molecule has 0 bridgehead atoms. The van der Waals surface area contributed by atoms with E-state index in [0.717, 1.165) is 22.7 Å². The van der Waals surface area contributed by atoms with E-state index in [1.165, 1.54) is 10.4 Å². The van der Waals surface area contributed by atoms with E-state index in [-0.39, 0.29) is 5.78 Å². The van der Waals surface area contributed by atoms with Crippen molar-refractivity contribution in [2.45, 2.75) is 40.7 Å². The van der Waals surface area contributed by atoms with Crippen LogP contribution < -0.4 is 0 Å². The molecule has 0 aliphatic carbocycles. The second-order valence-electron chi connectivity index (χ2n) is 4.50. The van der Waals surface area contributed by atoms with E-state index >= 15 is 0 Å². The van der Waals surface area contributed by atoms with Gasteiger partial charge >= 0.3 is 0 Å². The van der Waals surface area contributed by atoms with Gasteiger partial charge in [-0.3, -0.25) is 9.48 Å². The lowest BCUT2D eigenvalue weighted by Crippen LogP contribution is -2.12. The molecule has 2 rings (SSSR count). The summed E-state index contributed by atoms with van der Waals surface area (Å²) in [6, 6.07) is 3.95. The van der Waals surface area contributed by atoms with Crippen molar-refractivity contribution in [1.29, 1.82) is 0 Å². The number of Topliss-reactive ketones (excluding diaryl/α,β-unsaturated/α-hetero) is 1. The van der Waals surface area contributed by atoms with E-state index in [0.29, 0.717) is 6.54 Å². The number of hydrogen-bond donors (Lipinski definition) is 0. The monoisotopic (exact) mass is 262 g/mol. The van der Waals surface area contributed by atoms with Gasteiger partial charge in [-0.2, -0.15) is 5.10 Å². The lowest BCUT2D eigenvalue weighted by Gasteiger charge is -2.02. The molecule has 2 aromatic heterocycles. The summed E-state index contributed by atoms with van der Waals surface area (Å²) in [5.74, 6) is 0.144. The van der Waals surface area contributed by atoms with E-state index in [2.05, 4.69) is 12.0 Å². The second-order valence-corrected chi connectivity index (χ2v) is 5.66. The minimum absolute atomic E-state index is 0.144. The summed E-state index contributed by atoms with van der Waals surface area (Å²) in [7, 11) is 0. The molecule has 18 heavy (non-hydrogen) atoms. The highest BCUT2D eigenvalue weighted by Crippen LogP contribution is 2.19. The lowest BCUT2D eigenvalue weighted by atomic mass is 10.2. The standard InChI is InChI=1S/C14H18N2OS/c1-5-12-6-7-14(18-12)13(17)8-16-11(4)9(2)10(3)15-16/h6-7H,5,8H2,1-4H3. The summed E-state index contributed by atoms with van der Waals surface area (Å²) in [5.41, 5.74) is 3.25. The number of aromatic nitrogens is 2. The van der Waals surface area contributed by atoms with E-state index in [1.54, 1.807) is 16.0 Å². The van der Waals surface area contributed by atoms with Gasteiger partial charge in [0.05, 0.1) is 10.6 Å². The fraction of sp³-hybridized carbons (Fsp3) is 0.429. The summed E-state index contributed by atoms with van der Waals surface area (Å²) in [4.78, 5) is 14.2. The zero-order valence-corrected chi connectivity index (χ0v) is 12.1. The first kappa shape index (κ1) is 13.0. The smallest absolute Gasteiger partial charge is 0.194 e. The highest BCUT2D eigenvalue weighted by Gasteiger charge is 2.13. The predicted molar refractivity (Wildman–Crippen MR) is 74.5 cm³/mol. The molecule has 0 N–H and O–H groups in total. The molecule has 0 aromatic carbocycles. The molecule has 0 unspecified atom stereocenters. The molecule has 0 spiro atoms. The fourth-order valence-electron chi connectivity index (χ4n) is 1.87. The third kappa shape index (κ3) is 2.38. The number of hydrogen-bond acceptors (Lipinski definition) is 3. The van der Waals surface area contributed by atoms with E-state index in [4.69, 9.17) is 0 Å². The molecule has 0 fully saturated rings. The van der Waals surface area contributed by atoms with Crippen LogP contribution in [-0.2, 0) is 13.0 Å². The molecule has 0 aliphatic heterocycles. The zero-order chi connectivity index (χ0) is 13.3. The quantitative estimate of drug-likeness (QED) is 0.792. The number of carbonyl (C=O) groups is 1. The predicted octanol–water partition coefficient (Wildman–Crippen LogP) is 3.32. The average Bonchev–Trinajstić information content (AvgIpc) is 2.92. The molecule has 2 aromatic rings. The van der Waals surface area contributed by atoms with Crippen LogP contribution in [0.25, 0.3) is 0 Å². The van der Waals surface area contributed by atoms with E-state index in [1.807, 2.05) is 32.9 Å². The van der Waals surface area contributed by atoms with Gasteiger partial charge in [-0.05, 0) is 44.9 Å². The molecule has 0 amide bonds. The summed E-state index contributed by atoms with van der Waals surface area (Å²) in [6.45, 7) is 8.46. The molecule has 2 heterocycles. The Hall–Kier alpha value is -1.42. The molecule has 0 saturated carbocycles. The van der Waals surface area contributed by atoms with E-state index < -0.39 is 0 Å². The van der Waals surface area contributed by atoms with Crippen LogP contribution in [0.1, 0.15) is 38.4 Å². The largest absolute Gasteiger partial charge is 0.291 e. The number of rotatable bonds is 4. The van der Waals surface area contributed by atoms with Gasteiger partial charge in [0.25, 0.3) is 0 Å². The molecule has 96 valence electrons. The maximum Gasteiger partial charge on any atom is 0.194 e. The Kier molecular flexibility index (Phi) is 3.66. The van der Waals surface area contributed by atoms with Crippen molar-refractivity contribution in [2.24, 2.45) is 0 Å². The van der Waals surface area contributed by atoms with Gasteiger partial charge in [0, 0.05) is 10.6 Å². The molecule has 0 atom stereocenters. The van der Waals surface area contributed by atoms with Crippen molar-refractivity contribution in [3.05, 3.63) is 38.8 Å². The van der Waals surface area contributed by atoms with Gasteiger partial charge in [0.15, 0.2) is 5.78 Å². The highest BCUT2D eigenvalue weighted by molar-refractivity contribution is 7.14. The van der Waals surface area contributed by atoms with Gasteiger partial charge in [-0.15, -0.1) is 11.3 Å². The normalized spacial score (nSPS) is 10.9. The Bertz CT molecular complexity index is 581. The minimum Gasteiger partial charge on any atom is -0.291 e. The van der Waals surface area contributed by atoms with Crippen LogP contribution in [0.5, 0.6) is 0 Å². The van der Waals surface area contributed by atoms with Crippen LogP contribution in [0.15, 0.2) is 12.1 Å². The third-order valence-electron chi connectivity index (χ3n) is 3.32. The van der Waals surface area contributed by atoms with Crippen molar-refractivity contribution < 1.29 is 4.79 Å². The fourth-order valence-corrected chi connectivity index (χ4v) is 2.75. The SMILES string of the molecule is CCc1ccc(C(=O)Cn2nc(C)c(C)c2C)s1. The van der Waals surface area contributed by atoms with Crippen molar-refractivity contribution in [1.82, 2.24) is 9.78 Å². The summed E-state index contributed by atoms with van der Waals surface area (Å²) in [5, 5.41) is 4.40. The van der Waals surface area contributed by atoms with Crippen LogP contribution in [-0.4, -0.2) is 15.6 Å². The lowest BCUT2D eigenvalue weighted by molar-refractivity contribution is 0.0970. The summed E-state index contributed by atoms with van der Waals surface area (Å²) in [6.07, 6.45) is 0.983. The summed E-state index contributed by atoms with van der Waals surface area (Å²) >= 11 is 1.59. The van der Waals surface area contributed by atoms with Crippen LogP contribution in [0.4, 0.5) is 0 Å². The zero-order valence-electron chi connectivity index (χ0n) is 11.3. The number of carbonyl (C=O) groups excluding carboxylic acids is 1. The first-order valence-corrected chi connectivity index (χ1v) is 6.97. The number of aryl methyl sites for hydroxylation is 2. The number of ketones is 1. The Morgan fingerprint density at radius 1 is 1.33 bits per heavy atom. The topological polar surface area (TPSA) is 34.9 Å². The molecule has 0 radical (unpaired) electrons. The van der Waals surface area contributed by atoms with Gasteiger partial charge < -0.3 is 0 Å². The Balaban J connectivity index is 2.18. The van der Waals surface area contributed by atoms with Crippen molar-refractivity contribution >= 4 is 17.1 Å². The Morgan fingerprint density at radius 2 is 2.06 bits per heavy atom. The van der Waals surface area contributed by atoms with E-state index in [9.17, 15) is 4.79 Å². The molecule has 0 saturated heterocycles. The maximum absolute atomic E-state index is 12.2. The van der Waals surface area contributed by atoms with Gasteiger partial charge in [-0.1, -0.05) is 6.92 Å². The second kappa shape index (κ2) is 5.06.